The first-order chi connectivity index (χ1) is 14.5. The molecule has 4 rings (SSSR count). The third-order valence-corrected chi connectivity index (χ3v) is 6.24. The second-order valence-electron chi connectivity index (χ2n) is 8.11. The van der Waals surface area contributed by atoms with Crippen molar-refractivity contribution in [1.82, 2.24) is 20.9 Å². The monoisotopic (exact) mass is 415 g/mol. The maximum absolute atomic E-state index is 13.1. The van der Waals surface area contributed by atoms with Crippen LogP contribution in [0.15, 0.2) is 24.3 Å². The summed E-state index contributed by atoms with van der Waals surface area (Å²) in [6, 6.07) is 6.66. The second kappa shape index (κ2) is 8.71. The van der Waals surface area contributed by atoms with E-state index in [9.17, 15) is 14.4 Å². The van der Waals surface area contributed by atoms with Gasteiger partial charge in [-0.05, 0) is 50.3 Å². The minimum absolute atomic E-state index is 0.0496. The summed E-state index contributed by atoms with van der Waals surface area (Å²) < 4.78 is 5.77. The van der Waals surface area contributed by atoms with Gasteiger partial charge in [0.15, 0.2) is 0 Å². The Balaban J connectivity index is 1.44. The highest BCUT2D eigenvalue weighted by molar-refractivity contribution is 5.94. The Bertz CT molecular complexity index is 831. The summed E-state index contributed by atoms with van der Waals surface area (Å²) in [5.41, 5.74) is 8.07. The van der Waals surface area contributed by atoms with Crippen LogP contribution in [0.5, 0.6) is 0 Å². The molecule has 0 bridgehead atoms. The van der Waals surface area contributed by atoms with E-state index >= 15 is 0 Å². The molecule has 9 nitrogen and oxygen atoms in total. The average molecular weight is 415 g/mol. The van der Waals surface area contributed by atoms with Crippen molar-refractivity contribution in [3.05, 3.63) is 35.4 Å². The maximum atomic E-state index is 13.1. The van der Waals surface area contributed by atoms with Crippen LogP contribution in [-0.4, -0.2) is 60.8 Å². The molecule has 1 aromatic rings. The molecule has 3 amide bonds. The molecular weight excluding hydrogens is 386 g/mol. The van der Waals surface area contributed by atoms with E-state index in [-0.39, 0.29) is 24.5 Å². The summed E-state index contributed by atoms with van der Waals surface area (Å²) in [7, 11) is 1.56. The molecule has 1 aliphatic carbocycles. The van der Waals surface area contributed by atoms with E-state index in [2.05, 4.69) is 28.1 Å². The highest BCUT2D eigenvalue weighted by atomic mass is 16.5. The molecule has 1 aromatic carbocycles. The van der Waals surface area contributed by atoms with Crippen LogP contribution in [0.1, 0.15) is 42.9 Å². The summed E-state index contributed by atoms with van der Waals surface area (Å²) in [6.07, 6.45) is 2.69. The minimum atomic E-state index is -0.917. The normalized spacial score (nSPS) is 29.0. The van der Waals surface area contributed by atoms with Crippen molar-refractivity contribution >= 4 is 17.7 Å². The van der Waals surface area contributed by atoms with Crippen molar-refractivity contribution in [2.75, 3.05) is 13.7 Å². The Kier molecular flexibility index (Phi) is 6.03. The molecule has 3 aliphatic rings. The van der Waals surface area contributed by atoms with Crippen LogP contribution in [0.25, 0.3) is 0 Å². The Morgan fingerprint density at radius 1 is 1.17 bits per heavy atom. The summed E-state index contributed by atoms with van der Waals surface area (Å²) in [5, 5.41) is 8.39. The zero-order chi connectivity index (χ0) is 21.3. The van der Waals surface area contributed by atoms with Gasteiger partial charge in [-0.15, -0.1) is 0 Å². The topological polar surface area (TPSA) is 126 Å². The third kappa shape index (κ3) is 3.92. The lowest BCUT2D eigenvalue weighted by molar-refractivity contribution is -0.167. The van der Waals surface area contributed by atoms with Gasteiger partial charge in [-0.2, -0.15) is 0 Å². The van der Waals surface area contributed by atoms with E-state index in [1.807, 2.05) is 12.1 Å². The number of ether oxygens (including phenoxy) is 1. The lowest BCUT2D eigenvalue weighted by Gasteiger charge is -2.38. The molecule has 30 heavy (non-hydrogen) atoms. The number of carbonyl (C=O) groups excluding carboxylic acids is 3. The number of nitrogens with two attached hydrogens (primary N) is 1. The number of carbonyl (C=O) groups is 3. The first-order valence-electron chi connectivity index (χ1n) is 10.5. The smallest absolute Gasteiger partial charge is 0.252 e. The number of likely N-dealkylation sites (N-methyl/N-ethyl adjacent to an activating group) is 1. The number of fused-ring (bicyclic) bond motifs is 2. The molecule has 9 heteroatoms. The predicted molar refractivity (Wildman–Crippen MR) is 109 cm³/mol. The van der Waals surface area contributed by atoms with E-state index in [1.165, 1.54) is 10.5 Å². The molecule has 2 fully saturated rings. The van der Waals surface area contributed by atoms with E-state index in [4.69, 9.17) is 10.5 Å². The summed E-state index contributed by atoms with van der Waals surface area (Å²) in [5.74, 6) is -0.962. The van der Waals surface area contributed by atoms with E-state index in [1.54, 1.807) is 7.05 Å². The number of nitrogens with zero attached hydrogens (tertiary/aromatic N) is 1. The second-order valence-corrected chi connectivity index (χ2v) is 8.11. The average Bonchev–Trinajstić information content (AvgIpc) is 3.20. The van der Waals surface area contributed by atoms with Gasteiger partial charge < -0.3 is 26.0 Å². The van der Waals surface area contributed by atoms with E-state index < -0.39 is 30.4 Å². The lowest BCUT2D eigenvalue weighted by atomic mass is 9.87. The number of amides is 3. The largest absolute Gasteiger partial charge is 0.356 e. The van der Waals surface area contributed by atoms with E-state index in [0.29, 0.717) is 12.8 Å². The fourth-order valence-corrected chi connectivity index (χ4v) is 4.62. The SMILES string of the molecule is CN[C@@H](N)C(=O)N[C@H]1CO[C@H]2CCC(C(=O)NC3CCCc4ccccc43)N2C1=O. The van der Waals surface area contributed by atoms with Crippen molar-refractivity contribution in [1.29, 1.82) is 0 Å². The summed E-state index contributed by atoms with van der Waals surface area (Å²) in [4.78, 5) is 39.7. The van der Waals surface area contributed by atoms with Crippen LogP contribution in [0, 0.1) is 0 Å². The Morgan fingerprint density at radius 2 is 1.97 bits per heavy atom. The van der Waals surface area contributed by atoms with Gasteiger partial charge in [-0.25, -0.2) is 0 Å². The van der Waals surface area contributed by atoms with Crippen molar-refractivity contribution < 1.29 is 19.1 Å². The van der Waals surface area contributed by atoms with Gasteiger partial charge in [-0.3, -0.25) is 19.7 Å². The van der Waals surface area contributed by atoms with Gasteiger partial charge in [-0.1, -0.05) is 24.3 Å². The molecule has 0 aromatic heterocycles. The van der Waals surface area contributed by atoms with Gasteiger partial charge in [0, 0.05) is 0 Å². The van der Waals surface area contributed by atoms with Gasteiger partial charge in [0.05, 0.1) is 12.6 Å². The van der Waals surface area contributed by atoms with Crippen LogP contribution >= 0.6 is 0 Å². The molecule has 2 unspecified atom stereocenters. The molecule has 2 saturated heterocycles. The number of benzene rings is 1. The standard InChI is InChI=1S/C21H29N5O4/c1-23-18(22)20(28)25-15-11-30-17-10-9-16(26(17)21(15)29)19(27)24-14-8-4-6-12-5-2-3-7-13(12)14/h2-3,5,7,14-18,23H,4,6,8-11,22H2,1H3,(H,24,27)(H,25,28)/t14?,15-,16?,17-,18+/m0/s1. The Labute approximate surface area is 175 Å². The fourth-order valence-electron chi connectivity index (χ4n) is 4.62. The molecule has 162 valence electrons. The number of aryl methyl sites for hydroxylation is 1. The quantitative estimate of drug-likeness (QED) is 0.481. The first-order valence-corrected chi connectivity index (χ1v) is 10.5. The Morgan fingerprint density at radius 3 is 2.77 bits per heavy atom. The van der Waals surface area contributed by atoms with Crippen molar-refractivity contribution in [3.63, 3.8) is 0 Å². The van der Waals surface area contributed by atoms with Crippen molar-refractivity contribution in [3.8, 4) is 0 Å². The first kappa shape index (κ1) is 20.8. The molecule has 2 aliphatic heterocycles. The van der Waals surface area contributed by atoms with Gasteiger partial charge in [0.25, 0.3) is 5.91 Å². The van der Waals surface area contributed by atoms with Crippen LogP contribution in [0.3, 0.4) is 0 Å². The fraction of sp³-hybridized carbons (Fsp3) is 0.571. The lowest BCUT2D eigenvalue weighted by Crippen LogP contribution is -2.63. The van der Waals surface area contributed by atoms with Crippen LogP contribution in [-0.2, 0) is 25.5 Å². The van der Waals surface area contributed by atoms with Gasteiger partial charge in [0.1, 0.15) is 24.5 Å². The van der Waals surface area contributed by atoms with Crippen LogP contribution in [0.4, 0.5) is 0 Å². The molecule has 2 heterocycles. The molecule has 5 atom stereocenters. The van der Waals surface area contributed by atoms with Crippen LogP contribution in [0.2, 0.25) is 0 Å². The Hall–Kier alpha value is -2.49. The minimum Gasteiger partial charge on any atom is -0.356 e. The summed E-state index contributed by atoms with van der Waals surface area (Å²) in [6.45, 7) is 0.0759. The van der Waals surface area contributed by atoms with Gasteiger partial charge >= 0.3 is 0 Å². The molecule has 0 radical (unpaired) electrons. The molecule has 0 spiro atoms. The predicted octanol–water partition coefficient (Wildman–Crippen LogP) is -0.483. The zero-order valence-electron chi connectivity index (χ0n) is 17.1. The van der Waals surface area contributed by atoms with Crippen LogP contribution < -0.4 is 21.7 Å². The number of hydrogen-bond acceptors (Lipinski definition) is 6. The molecule has 0 saturated carbocycles. The number of hydrogen-bond donors (Lipinski definition) is 4. The zero-order valence-corrected chi connectivity index (χ0v) is 17.1. The van der Waals surface area contributed by atoms with Crippen molar-refractivity contribution in [2.24, 2.45) is 5.73 Å². The maximum Gasteiger partial charge on any atom is 0.252 e. The van der Waals surface area contributed by atoms with Crippen molar-refractivity contribution in [2.45, 2.75) is 62.6 Å². The third-order valence-electron chi connectivity index (χ3n) is 6.24. The molecular formula is C21H29N5O4. The summed E-state index contributed by atoms with van der Waals surface area (Å²) >= 11 is 0. The molecule has 5 N–H and O–H groups in total. The number of rotatable bonds is 5. The number of nitrogens with one attached hydrogen (secondary N) is 3. The highest BCUT2D eigenvalue weighted by Crippen LogP contribution is 2.32. The highest BCUT2D eigenvalue weighted by Gasteiger charge is 2.47. The van der Waals surface area contributed by atoms with E-state index in [0.717, 1.165) is 24.8 Å². The van der Waals surface area contributed by atoms with Gasteiger partial charge in [0.2, 0.25) is 11.8 Å².